The fourth-order valence-electron chi connectivity index (χ4n) is 2.52. The van der Waals surface area contributed by atoms with E-state index in [1.807, 2.05) is 12.1 Å². The van der Waals surface area contributed by atoms with E-state index in [1.54, 1.807) is 0 Å². The molecule has 1 saturated heterocycles. The first-order valence-corrected chi connectivity index (χ1v) is 7.23. The van der Waals surface area contributed by atoms with Gasteiger partial charge in [0, 0.05) is 12.6 Å². The van der Waals surface area contributed by atoms with Crippen LogP contribution in [-0.2, 0) is 11.2 Å². The van der Waals surface area contributed by atoms with Crippen LogP contribution in [0.5, 0.6) is 0 Å². The summed E-state index contributed by atoms with van der Waals surface area (Å²) in [5, 5.41) is 13.6. The van der Waals surface area contributed by atoms with Crippen LogP contribution in [0.1, 0.15) is 37.5 Å². The van der Waals surface area contributed by atoms with Crippen molar-refractivity contribution < 1.29 is 9.84 Å². The maximum Gasteiger partial charge on any atom is 0.0805 e. The molecule has 2 N–H and O–H groups in total. The molecule has 1 aliphatic heterocycles. The van der Waals surface area contributed by atoms with Gasteiger partial charge in [-0.25, -0.2) is 0 Å². The summed E-state index contributed by atoms with van der Waals surface area (Å²) < 4.78 is 5.41. The standard InChI is InChI=1S/C16H25NO2/c1-12(2)9-13-3-5-14(6-4-13)16(18)10-15-11-19-8-7-17-15/h3-6,12,15-18H,7-11H2,1-2H3. The van der Waals surface area contributed by atoms with E-state index in [9.17, 15) is 5.11 Å². The average molecular weight is 263 g/mol. The van der Waals surface area contributed by atoms with E-state index in [-0.39, 0.29) is 6.04 Å². The van der Waals surface area contributed by atoms with Crippen LogP contribution in [0.25, 0.3) is 0 Å². The molecule has 3 heteroatoms. The van der Waals surface area contributed by atoms with Crippen molar-refractivity contribution in [3.63, 3.8) is 0 Å². The number of benzene rings is 1. The molecule has 2 atom stereocenters. The minimum absolute atomic E-state index is 0.263. The van der Waals surface area contributed by atoms with Crippen LogP contribution < -0.4 is 5.32 Å². The van der Waals surface area contributed by atoms with Gasteiger partial charge in [0.15, 0.2) is 0 Å². The Morgan fingerprint density at radius 2 is 2.05 bits per heavy atom. The topological polar surface area (TPSA) is 41.5 Å². The van der Waals surface area contributed by atoms with E-state index < -0.39 is 6.10 Å². The van der Waals surface area contributed by atoms with Crippen molar-refractivity contribution >= 4 is 0 Å². The van der Waals surface area contributed by atoms with Crippen LogP contribution in [0.2, 0.25) is 0 Å². The van der Waals surface area contributed by atoms with Crippen molar-refractivity contribution in [1.29, 1.82) is 0 Å². The monoisotopic (exact) mass is 263 g/mol. The highest BCUT2D eigenvalue weighted by molar-refractivity contribution is 5.24. The second-order valence-electron chi connectivity index (χ2n) is 5.82. The summed E-state index contributed by atoms with van der Waals surface area (Å²) >= 11 is 0. The van der Waals surface area contributed by atoms with E-state index >= 15 is 0 Å². The third-order valence-electron chi connectivity index (χ3n) is 3.51. The van der Waals surface area contributed by atoms with Crippen LogP contribution in [0.4, 0.5) is 0 Å². The lowest BCUT2D eigenvalue weighted by molar-refractivity contribution is 0.0519. The Morgan fingerprint density at radius 1 is 1.32 bits per heavy atom. The van der Waals surface area contributed by atoms with E-state index in [2.05, 4.69) is 31.3 Å². The Bertz CT molecular complexity index is 369. The average Bonchev–Trinajstić information content (AvgIpc) is 2.40. The summed E-state index contributed by atoms with van der Waals surface area (Å²) in [7, 11) is 0. The van der Waals surface area contributed by atoms with Crippen molar-refractivity contribution in [2.45, 2.75) is 38.8 Å². The van der Waals surface area contributed by atoms with Gasteiger partial charge in [0.25, 0.3) is 0 Å². The third kappa shape index (κ3) is 4.60. The molecule has 0 amide bonds. The zero-order valence-corrected chi connectivity index (χ0v) is 11.9. The van der Waals surface area contributed by atoms with Gasteiger partial charge < -0.3 is 15.2 Å². The molecule has 106 valence electrons. The Kier molecular flexibility index (Phi) is 5.37. The third-order valence-corrected chi connectivity index (χ3v) is 3.51. The van der Waals surface area contributed by atoms with Crippen LogP contribution in [0.15, 0.2) is 24.3 Å². The highest BCUT2D eigenvalue weighted by atomic mass is 16.5. The molecule has 0 aliphatic carbocycles. The number of rotatable bonds is 5. The predicted molar refractivity (Wildman–Crippen MR) is 77.2 cm³/mol. The lowest BCUT2D eigenvalue weighted by Gasteiger charge is -2.26. The SMILES string of the molecule is CC(C)Cc1ccc(C(O)CC2COCCN2)cc1. The van der Waals surface area contributed by atoms with Gasteiger partial charge in [-0.15, -0.1) is 0 Å². The van der Waals surface area contributed by atoms with Gasteiger partial charge >= 0.3 is 0 Å². The van der Waals surface area contributed by atoms with Crippen molar-refractivity contribution in [3.8, 4) is 0 Å². The number of aliphatic hydroxyl groups excluding tert-OH is 1. The molecule has 0 aromatic heterocycles. The summed E-state index contributed by atoms with van der Waals surface area (Å²) in [6, 6.07) is 8.62. The second-order valence-corrected chi connectivity index (χ2v) is 5.82. The minimum atomic E-state index is -0.410. The van der Waals surface area contributed by atoms with E-state index in [0.29, 0.717) is 18.9 Å². The molecular formula is C16H25NO2. The highest BCUT2D eigenvalue weighted by Crippen LogP contribution is 2.20. The highest BCUT2D eigenvalue weighted by Gasteiger charge is 2.18. The molecule has 1 aromatic rings. The van der Waals surface area contributed by atoms with E-state index in [0.717, 1.165) is 25.1 Å². The fraction of sp³-hybridized carbons (Fsp3) is 0.625. The minimum Gasteiger partial charge on any atom is -0.388 e. The Labute approximate surface area is 116 Å². The van der Waals surface area contributed by atoms with E-state index in [4.69, 9.17) is 4.74 Å². The molecule has 2 rings (SSSR count). The van der Waals surface area contributed by atoms with Crippen LogP contribution in [-0.4, -0.2) is 30.9 Å². The second kappa shape index (κ2) is 7.04. The molecule has 0 spiro atoms. The number of nitrogens with one attached hydrogen (secondary N) is 1. The quantitative estimate of drug-likeness (QED) is 0.856. The molecule has 1 aromatic carbocycles. The molecule has 3 nitrogen and oxygen atoms in total. The molecule has 1 aliphatic rings. The maximum absolute atomic E-state index is 10.2. The largest absolute Gasteiger partial charge is 0.388 e. The summed E-state index contributed by atoms with van der Waals surface area (Å²) in [5.41, 5.74) is 2.34. The van der Waals surface area contributed by atoms with Gasteiger partial charge in [0.05, 0.1) is 19.3 Å². The fourth-order valence-corrected chi connectivity index (χ4v) is 2.52. The Hall–Kier alpha value is -0.900. The number of morpholine rings is 1. The van der Waals surface area contributed by atoms with Crippen molar-refractivity contribution in [2.24, 2.45) is 5.92 Å². The van der Waals surface area contributed by atoms with Crippen molar-refractivity contribution in [3.05, 3.63) is 35.4 Å². The van der Waals surface area contributed by atoms with Gasteiger partial charge in [-0.05, 0) is 29.9 Å². The Balaban J connectivity index is 1.89. The number of hydrogen-bond acceptors (Lipinski definition) is 3. The smallest absolute Gasteiger partial charge is 0.0805 e. The lowest BCUT2D eigenvalue weighted by Crippen LogP contribution is -2.42. The summed E-state index contributed by atoms with van der Waals surface area (Å²) in [4.78, 5) is 0. The van der Waals surface area contributed by atoms with Gasteiger partial charge in [-0.3, -0.25) is 0 Å². The van der Waals surface area contributed by atoms with Crippen molar-refractivity contribution in [1.82, 2.24) is 5.32 Å². The number of ether oxygens (including phenoxy) is 1. The molecule has 2 unspecified atom stereocenters. The van der Waals surface area contributed by atoms with Gasteiger partial charge in [-0.2, -0.15) is 0 Å². The summed E-state index contributed by atoms with van der Waals surface area (Å²) in [6.45, 7) is 6.79. The lowest BCUT2D eigenvalue weighted by atomic mass is 9.98. The first kappa shape index (κ1) is 14.5. The van der Waals surface area contributed by atoms with Crippen LogP contribution in [0.3, 0.4) is 0 Å². The van der Waals surface area contributed by atoms with E-state index in [1.165, 1.54) is 5.56 Å². The van der Waals surface area contributed by atoms with Crippen LogP contribution >= 0.6 is 0 Å². The first-order chi connectivity index (χ1) is 9.15. The summed E-state index contributed by atoms with van der Waals surface area (Å²) in [5.74, 6) is 0.666. The zero-order valence-electron chi connectivity index (χ0n) is 11.9. The van der Waals surface area contributed by atoms with Gasteiger partial charge in [0.1, 0.15) is 0 Å². The molecular weight excluding hydrogens is 238 g/mol. The predicted octanol–water partition coefficient (Wildman–Crippen LogP) is 2.30. The van der Waals surface area contributed by atoms with Crippen molar-refractivity contribution in [2.75, 3.05) is 19.8 Å². The molecule has 19 heavy (non-hydrogen) atoms. The molecule has 1 fully saturated rings. The van der Waals surface area contributed by atoms with Crippen LogP contribution in [0, 0.1) is 5.92 Å². The normalized spacial score (nSPS) is 21.6. The maximum atomic E-state index is 10.2. The first-order valence-electron chi connectivity index (χ1n) is 7.23. The molecule has 0 radical (unpaired) electrons. The zero-order chi connectivity index (χ0) is 13.7. The molecule has 0 bridgehead atoms. The number of aliphatic hydroxyl groups is 1. The van der Waals surface area contributed by atoms with Gasteiger partial charge in [0.2, 0.25) is 0 Å². The summed E-state index contributed by atoms with van der Waals surface area (Å²) in [6.07, 6.45) is 1.39. The molecule has 0 saturated carbocycles. The van der Waals surface area contributed by atoms with Gasteiger partial charge in [-0.1, -0.05) is 38.1 Å². The number of hydrogen-bond donors (Lipinski definition) is 2. The molecule has 1 heterocycles. The Morgan fingerprint density at radius 3 is 2.63 bits per heavy atom.